The molecule has 1 rings (SSSR count). The Hall–Kier alpha value is -1.05. The predicted molar refractivity (Wildman–Crippen MR) is 58.2 cm³/mol. The fourth-order valence-electron chi connectivity index (χ4n) is 0.999. The van der Waals surface area contributed by atoms with Crippen LogP contribution in [0.3, 0.4) is 0 Å². The molecule has 1 aromatic carbocycles. The van der Waals surface area contributed by atoms with Crippen molar-refractivity contribution in [2.75, 3.05) is 0 Å². The Balaban J connectivity index is 0.000000791. The average molecular weight is 198 g/mol. The Morgan fingerprint density at radius 1 is 1.21 bits per heavy atom. The van der Waals surface area contributed by atoms with E-state index in [1.807, 2.05) is 34.6 Å². The molecule has 1 nitrogen and oxygen atoms in total. The molecule has 0 amide bonds. The summed E-state index contributed by atoms with van der Waals surface area (Å²) in [5.41, 5.74) is 0.837. The van der Waals surface area contributed by atoms with Gasteiger partial charge in [0.05, 0.1) is 6.10 Å². The van der Waals surface area contributed by atoms with Crippen molar-refractivity contribution < 1.29 is 9.13 Å². The Kier molecular flexibility index (Phi) is 5.93. The highest BCUT2D eigenvalue weighted by Gasteiger charge is 2.02. The van der Waals surface area contributed by atoms with Crippen molar-refractivity contribution in [2.45, 2.75) is 40.7 Å². The fraction of sp³-hybridized carbons (Fsp3) is 0.500. The molecule has 0 aromatic heterocycles. The zero-order chi connectivity index (χ0) is 11.1. The van der Waals surface area contributed by atoms with Gasteiger partial charge >= 0.3 is 0 Å². The number of hydrogen-bond acceptors (Lipinski definition) is 1. The molecule has 0 saturated heterocycles. The van der Waals surface area contributed by atoms with Crippen LogP contribution < -0.4 is 4.74 Å². The minimum atomic E-state index is -0.219. The molecule has 0 atom stereocenters. The van der Waals surface area contributed by atoms with Gasteiger partial charge in [0.2, 0.25) is 0 Å². The second kappa shape index (κ2) is 6.41. The number of benzene rings is 1. The number of ether oxygens (including phenoxy) is 1. The lowest BCUT2D eigenvalue weighted by Crippen LogP contribution is -2.06. The van der Waals surface area contributed by atoms with Gasteiger partial charge in [-0.3, -0.25) is 0 Å². The van der Waals surface area contributed by atoms with E-state index in [4.69, 9.17) is 4.74 Å². The summed E-state index contributed by atoms with van der Waals surface area (Å²) >= 11 is 0. The van der Waals surface area contributed by atoms with Gasteiger partial charge in [-0.25, -0.2) is 4.39 Å². The van der Waals surface area contributed by atoms with E-state index in [2.05, 4.69) is 0 Å². The van der Waals surface area contributed by atoms with Crippen LogP contribution in [-0.2, 0) is 0 Å². The maximum absolute atomic E-state index is 12.6. The Bertz CT molecular complexity index is 269. The Morgan fingerprint density at radius 3 is 2.21 bits per heavy atom. The van der Waals surface area contributed by atoms with Gasteiger partial charge in [-0.15, -0.1) is 0 Å². The molecule has 0 aliphatic heterocycles. The number of hydrogen-bond donors (Lipinski definition) is 0. The molecule has 0 N–H and O–H groups in total. The van der Waals surface area contributed by atoms with E-state index in [1.54, 1.807) is 6.07 Å². The molecule has 14 heavy (non-hydrogen) atoms. The van der Waals surface area contributed by atoms with E-state index in [-0.39, 0.29) is 11.9 Å². The molecule has 1 aromatic rings. The molecule has 0 unspecified atom stereocenters. The van der Waals surface area contributed by atoms with Crippen molar-refractivity contribution in [1.29, 1.82) is 0 Å². The predicted octanol–water partition coefficient (Wildman–Crippen LogP) is 3.95. The van der Waals surface area contributed by atoms with Gasteiger partial charge in [0.15, 0.2) is 0 Å². The summed E-state index contributed by atoms with van der Waals surface area (Å²) in [4.78, 5) is 0. The molecule has 0 aliphatic rings. The third-order valence-corrected chi connectivity index (χ3v) is 1.50. The van der Waals surface area contributed by atoms with E-state index in [9.17, 15) is 4.39 Å². The maximum atomic E-state index is 12.6. The lowest BCUT2D eigenvalue weighted by molar-refractivity contribution is 0.240. The highest BCUT2D eigenvalue weighted by Crippen LogP contribution is 2.19. The topological polar surface area (TPSA) is 9.23 Å². The molecule has 0 heterocycles. The average Bonchev–Trinajstić information content (AvgIpc) is 2.13. The van der Waals surface area contributed by atoms with Crippen LogP contribution in [0.25, 0.3) is 0 Å². The molecule has 0 saturated carbocycles. The van der Waals surface area contributed by atoms with E-state index in [0.717, 1.165) is 11.3 Å². The minimum Gasteiger partial charge on any atom is -0.491 e. The zero-order valence-electron chi connectivity index (χ0n) is 9.60. The van der Waals surface area contributed by atoms with Gasteiger partial charge in [-0.2, -0.15) is 0 Å². The second-order valence-corrected chi connectivity index (χ2v) is 3.08. The first-order chi connectivity index (χ1) is 6.59. The van der Waals surface area contributed by atoms with Crippen molar-refractivity contribution in [3.8, 4) is 5.75 Å². The van der Waals surface area contributed by atoms with Crippen molar-refractivity contribution in [3.63, 3.8) is 0 Å². The highest BCUT2D eigenvalue weighted by atomic mass is 19.1. The quantitative estimate of drug-likeness (QED) is 0.699. The van der Waals surface area contributed by atoms with Gasteiger partial charge in [-0.05, 0) is 44.5 Å². The smallest absolute Gasteiger partial charge is 0.123 e. The number of aryl methyl sites for hydroxylation is 1. The van der Waals surface area contributed by atoms with Crippen molar-refractivity contribution in [2.24, 2.45) is 0 Å². The van der Waals surface area contributed by atoms with E-state index in [0.29, 0.717) is 0 Å². The molecule has 0 bridgehead atoms. The lowest BCUT2D eigenvalue weighted by Gasteiger charge is -2.11. The lowest BCUT2D eigenvalue weighted by atomic mass is 10.2. The number of halogens is 1. The molecular weight excluding hydrogens is 179 g/mol. The molecule has 80 valence electrons. The van der Waals surface area contributed by atoms with Crippen LogP contribution in [0.1, 0.15) is 33.3 Å². The Labute approximate surface area is 85.9 Å². The molecule has 0 radical (unpaired) electrons. The van der Waals surface area contributed by atoms with Gasteiger partial charge in [0.25, 0.3) is 0 Å². The van der Waals surface area contributed by atoms with E-state index < -0.39 is 0 Å². The summed E-state index contributed by atoms with van der Waals surface area (Å²) in [5.74, 6) is 0.537. The van der Waals surface area contributed by atoms with Gasteiger partial charge in [0, 0.05) is 0 Å². The van der Waals surface area contributed by atoms with Crippen LogP contribution >= 0.6 is 0 Å². The van der Waals surface area contributed by atoms with Crippen LogP contribution in [0.5, 0.6) is 5.75 Å². The van der Waals surface area contributed by atoms with Crippen LogP contribution in [-0.4, -0.2) is 6.10 Å². The van der Waals surface area contributed by atoms with Crippen LogP contribution in [0, 0.1) is 12.7 Å². The molecule has 0 spiro atoms. The first-order valence-electron chi connectivity index (χ1n) is 5.02. The van der Waals surface area contributed by atoms with Gasteiger partial charge in [0.1, 0.15) is 11.6 Å². The second-order valence-electron chi connectivity index (χ2n) is 3.08. The molecule has 0 aliphatic carbocycles. The first-order valence-corrected chi connectivity index (χ1v) is 5.02. The third-order valence-electron chi connectivity index (χ3n) is 1.50. The van der Waals surface area contributed by atoms with Crippen LogP contribution in [0.4, 0.5) is 4.39 Å². The minimum absolute atomic E-state index is 0.133. The van der Waals surface area contributed by atoms with Crippen molar-refractivity contribution in [1.82, 2.24) is 0 Å². The molecule has 2 heteroatoms. The summed E-state index contributed by atoms with van der Waals surface area (Å²) in [5, 5.41) is 0. The first kappa shape index (κ1) is 12.9. The summed E-state index contributed by atoms with van der Waals surface area (Å²) < 4.78 is 18.1. The normalized spacial score (nSPS) is 9.36. The molecular formula is C12H19FO. The number of rotatable bonds is 2. The maximum Gasteiger partial charge on any atom is 0.123 e. The van der Waals surface area contributed by atoms with Gasteiger partial charge in [-0.1, -0.05) is 13.8 Å². The van der Waals surface area contributed by atoms with Crippen molar-refractivity contribution in [3.05, 3.63) is 29.6 Å². The van der Waals surface area contributed by atoms with Crippen molar-refractivity contribution >= 4 is 0 Å². The highest BCUT2D eigenvalue weighted by molar-refractivity contribution is 5.32. The summed E-state index contributed by atoms with van der Waals surface area (Å²) in [6.45, 7) is 9.73. The third kappa shape index (κ3) is 4.26. The summed E-state index contributed by atoms with van der Waals surface area (Å²) in [7, 11) is 0. The van der Waals surface area contributed by atoms with Crippen LogP contribution in [0.2, 0.25) is 0 Å². The monoisotopic (exact) mass is 198 g/mol. The molecule has 0 fully saturated rings. The largest absolute Gasteiger partial charge is 0.491 e. The van der Waals surface area contributed by atoms with E-state index in [1.165, 1.54) is 12.1 Å². The van der Waals surface area contributed by atoms with Gasteiger partial charge < -0.3 is 4.74 Å². The zero-order valence-corrected chi connectivity index (χ0v) is 9.60. The van der Waals surface area contributed by atoms with Crippen LogP contribution in [0.15, 0.2) is 18.2 Å². The Morgan fingerprint density at radius 2 is 1.79 bits per heavy atom. The standard InChI is InChI=1S/C10H13FO.C2H6/c1-7(2)12-10-5-4-9(11)6-8(10)3;1-2/h4-7H,1-3H3;1-2H3. The van der Waals surface area contributed by atoms with E-state index >= 15 is 0 Å². The SMILES string of the molecule is CC.Cc1cc(F)ccc1OC(C)C. The summed E-state index contributed by atoms with van der Waals surface area (Å²) in [6.07, 6.45) is 0.133. The fourth-order valence-corrected chi connectivity index (χ4v) is 0.999. The summed E-state index contributed by atoms with van der Waals surface area (Å²) in [6, 6.07) is 4.53.